The minimum Gasteiger partial charge on any atom is -0.465 e. The molecule has 0 aliphatic rings. The Kier molecular flexibility index (Phi) is 5.06. The summed E-state index contributed by atoms with van der Waals surface area (Å²) in [5.74, 6) is 0. The molecule has 0 aliphatic heterocycles. The number of aliphatic hydroxyl groups is 1. The van der Waals surface area contributed by atoms with Crippen LogP contribution in [0.5, 0.6) is 0 Å². The number of aliphatic hydroxyl groups excluding tert-OH is 1. The van der Waals surface area contributed by atoms with E-state index < -0.39 is 11.5 Å². The van der Waals surface area contributed by atoms with E-state index >= 15 is 0 Å². The maximum Gasteiger partial charge on any atom is 0.404 e. The van der Waals surface area contributed by atoms with Crippen molar-refractivity contribution in [2.24, 2.45) is 0 Å². The van der Waals surface area contributed by atoms with Crippen LogP contribution >= 0.6 is 11.8 Å². The minimum atomic E-state index is -1.05. The van der Waals surface area contributed by atoms with Crippen LogP contribution in [0.4, 0.5) is 4.79 Å². The molecule has 0 heterocycles. The Hall–Kier alpha value is -0.420. The molecule has 0 aromatic carbocycles. The summed E-state index contributed by atoms with van der Waals surface area (Å²) >= 11 is 1.30. The van der Waals surface area contributed by atoms with Gasteiger partial charge in [0.2, 0.25) is 0 Å². The fraction of sp³-hybridized carbons (Fsp3) is 0.833. The summed E-state index contributed by atoms with van der Waals surface area (Å²) in [4.78, 5) is 10.1. The molecule has 0 rings (SSSR count). The first-order chi connectivity index (χ1) is 5.06. The van der Waals surface area contributed by atoms with Crippen molar-refractivity contribution in [3.05, 3.63) is 0 Å². The number of carboxylic acid groups (broad SMARTS) is 1. The third-order valence-corrected chi connectivity index (χ3v) is 1.93. The summed E-state index contributed by atoms with van der Waals surface area (Å²) in [5, 5.41) is 19.6. The Bertz CT molecular complexity index is 131. The lowest BCUT2D eigenvalue weighted by Gasteiger charge is -2.13. The van der Waals surface area contributed by atoms with Gasteiger partial charge in [-0.05, 0) is 13.2 Å². The van der Waals surface area contributed by atoms with Gasteiger partial charge in [-0.25, -0.2) is 4.79 Å². The van der Waals surface area contributed by atoms with Crippen molar-refractivity contribution in [3.8, 4) is 0 Å². The lowest BCUT2D eigenvalue weighted by molar-refractivity contribution is 0.184. The zero-order chi connectivity index (χ0) is 8.85. The molecule has 5 heteroatoms. The lowest BCUT2D eigenvalue weighted by atomic mass is 10.2. The molecule has 0 saturated carbocycles. The van der Waals surface area contributed by atoms with E-state index in [9.17, 15) is 4.79 Å². The van der Waals surface area contributed by atoms with Crippen LogP contribution in [-0.2, 0) is 0 Å². The molecular weight excluding hydrogens is 166 g/mol. The van der Waals surface area contributed by atoms with Gasteiger partial charge < -0.3 is 15.5 Å². The Labute approximate surface area is 70.0 Å². The van der Waals surface area contributed by atoms with Crippen LogP contribution in [0.25, 0.3) is 0 Å². The highest BCUT2D eigenvalue weighted by atomic mass is 32.2. The molecule has 0 radical (unpaired) electrons. The van der Waals surface area contributed by atoms with Crippen molar-refractivity contribution < 1.29 is 15.0 Å². The number of hydrogen-bond acceptors (Lipinski definition) is 3. The van der Waals surface area contributed by atoms with Crippen LogP contribution < -0.4 is 5.32 Å². The third-order valence-electron chi connectivity index (χ3n) is 1.20. The molecule has 0 spiro atoms. The van der Waals surface area contributed by atoms with Gasteiger partial charge in [0, 0.05) is 12.5 Å². The molecule has 0 aromatic heterocycles. The third kappa shape index (κ3) is 6.00. The molecule has 11 heavy (non-hydrogen) atoms. The number of hydrogen-bond donors (Lipinski definition) is 3. The van der Waals surface area contributed by atoms with Crippen LogP contribution in [0.2, 0.25) is 0 Å². The molecule has 66 valence electrons. The van der Waals surface area contributed by atoms with Crippen LogP contribution in [0.15, 0.2) is 0 Å². The zero-order valence-electron chi connectivity index (χ0n) is 6.57. The highest BCUT2D eigenvalue weighted by Gasteiger charge is 2.09. The molecular formula is C6H13NO3S. The van der Waals surface area contributed by atoms with Gasteiger partial charge in [-0.3, -0.25) is 0 Å². The van der Waals surface area contributed by atoms with Gasteiger partial charge in [0.05, 0.1) is 0 Å². The van der Waals surface area contributed by atoms with Crippen molar-refractivity contribution in [1.82, 2.24) is 5.32 Å². The van der Waals surface area contributed by atoms with Crippen LogP contribution in [0, 0.1) is 0 Å². The van der Waals surface area contributed by atoms with E-state index in [1.807, 2.05) is 0 Å². The Morgan fingerprint density at radius 2 is 2.27 bits per heavy atom. The first-order valence-electron chi connectivity index (χ1n) is 3.26. The summed E-state index contributed by atoms with van der Waals surface area (Å²) < 4.78 is 0. The monoisotopic (exact) mass is 179 g/mol. The predicted octanol–water partition coefficient (Wildman–Crippen LogP) is 0.714. The number of amides is 1. The summed E-state index contributed by atoms with van der Waals surface area (Å²) in [6.07, 6.45) is 1.16. The second-order valence-electron chi connectivity index (χ2n) is 2.28. The second kappa shape index (κ2) is 5.26. The Morgan fingerprint density at radius 3 is 2.64 bits per heavy atom. The molecule has 0 bridgehead atoms. The van der Waals surface area contributed by atoms with E-state index in [1.165, 1.54) is 11.8 Å². The number of nitrogens with one attached hydrogen (secondary N) is 1. The van der Waals surface area contributed by atoms with Crippen molar-refractivity contribution >= 4 is 17.9 Å². The van der Waals surface area contributed by atoms with Gasteiger partial charge in [0.15, 0.2) is 0 Å². The molecule has 1 amide bonds. The van der Waals surface area contributed by atoms with Gasteiger partial charge in [-0.2, -0.15) is 0 Å². The van der Waals surface area contributed by atoms with Gasteiger partial charge in [0.1, 0.15) is 5.44 Å². The SMILES string of the molecule is CSC(O)CC(C)NC(=O)O. The zero-order valence-corrected chi connectivity index (χ0v) is 7.39. The minimum absolute atomic E-state index is 0.199. The van der Waals surface area contributed by atoms with E-state index in [1.54, 1.807) is 13.2 Å². The first-order valence-corrected chi connectivity index (χ1v) is 4.55. The number of carbonyl (C=O) groups is 1. The van der Waals surface area contributed by atoms with Gasteiger partial charge in [-0.1, -0.05) is 0 Å². The van der Waals surface area contributed by atoms with E-state index in [2.05, 4.69) is 5.32 Å². The van der Waals surface area contributed by atoms with Crippen LogP contribution in [0.3, 0.4) is 0 Å². The summed E-state index contributed by atoms with van der Waals surface area (Å²) in [7, 11) is 0. The summed E-state index contributed by atoms with van der Waals surface area (Å²) in [6, 6.07) is -0.199. The molecule has 2 unspecified atom stereocenters. The average Bonchev–Trinajstić information content (AvgIpc) is 1.85. The fourth-order valence-electron chi connectivity index (χ4n) is 0.668. The molecule has 0 saturated heterocycles. The van der Waals surface area contributed by atoms with Crippen molar-refractivity contribution in [3.63, 3.8) is 0 Å². The topological polar surface area (TPSA) is 69.6 Å². The molecule has 3 N–H and O–H groups in total. The molecule has 0 aliphatic carbocycles. The van der Waals surface area contributed by atoms with Crippen molar-refractivity contribution in [1.29, 1.82) is 0 Å². The Morgan fingerprint density at radius 1 is 1.73 bits per heavy atom. The van der Waals surface area contributed by atoms with Gasteiger partial charge >= 0.3 is 6.09 Å². The molecule has 0 aromatic rings. The smallest absolute Gasteiger partial charge is 0.404 e. The van der Waals surface area contributed by atoms with E-state index in [0.717, 1.165) is 0 Å². The standard InChI is InChI=1S/C6H13NO3S/c1-4(7-6(9)10)3-5(8)11-2/h4-5,7-8H,3H2,1-2H3,(H,9,10). The quantitative estimate of drug-likeness (QED) is 0.556. The largest absolute Gasteiger partial charge is 0.465 e. The molecule has 2 atom stereocenters. The van der Waals surface area contributed by atoms with Crippen molar-refractivity contribution in [2.45, 2.75) is 24.8 Å². The predicted molar refractivity (Wildman–Crippen MR) is 44.8 cm³/mol. The van der Waals surface area contributed by atoms with Crippen LogP contribution in [-0.4, -0.2) is 34.0 Å². The number of rotatable bonds is 4. The normalized spacial score (nSPS) is 15.5. The molecule has 0 fully saturated rings. The lowest BCUT2D eigenvalue weighted by Crippen LogP contribution is -2.33. The first kappa shape index (κ1) is 10.6. The van der Waals surface area contributed by atoms with E-state index in [0.29, 0.717) is 6.42 Å². The number of thioether (sulfide) groups is 1. The Balaban J connectivity index is 3.51. The fourth-order valence-corrected chi connectivity index (χ4v) is 1.15. The van der Waals surface area contributed by atoms with E-state index in [4.69, 9.17) is 10.2 Å². The van der Waals surface area contributed by atoms with Crippen molar-refractivity contribution in [2.75, 3.05) is 6.26 Å². The average molecular weight is 179 g/mol. The summed E-state index contributed by atoms with van der Waals surface area (Å²) in [5.41, 5.74) is -0.489. The maximum atomic E-state index is 10.1. The second-order valence-corrected chi connectivity index (χ2v) is 3.29. The van der Waals surface area contributed by atoms with Gasteiger partial charge in [0.25, 0.3) is 0 Å². The molecule has 4 nitrogen and oxygen atoms in total. The van der Waals surface area contributed by atoms with Gasteiger partial charge in [-0.15, -0.1) is 11.8 Å². The highest BCUT2D eigenvalue weighted by molar-refractivity contribution is 7.99. The van der Waals surface area contributed by atoms with E-state index in [-0.39, 0.29) is 6.04 Å². The maximum absolute atomic E-state index is 10.1. The van der Waals surface area contributed by atoms with Crippen LogP contribution in [0.1, 0.15) is 13.3 Å². The highest BCUT2D eigenvalue weighted by Crippen LogP contribution is 2.08. The summed E-state index contributed by atoms with van der Waals surface area (Å²) in [6.45, 7) is 1.72.